The fourth-order valence-corrected chi connectivity index (χ4v) is 1.29. The van der Waals surface area contributed by atoms with Gasteiger partial charge in [-0.3, -0.25) is 10.6 Å². The van der Waals surface area contributed by atoms with E-state index in [-0.39, 0.29) is 0 Å². The maximum Gasteiger partial charge on any atom is 0.324 e. The topological polar surface area (TPSA) is 101 Å². The molecule has 16 heavy (non-hydrogen) atoms. The highest BCUT2D eigenvalue weighted by Gasteiger charge is 2.30. The lowest BCUT2D eigenvalue weighted by atomic mass is 9.96. The molecular formula is C11H23N3O2. The molecule has 1 atom stereocenters. The van der Waals surface area contributed by atoms with Gasteiger partial charge in [-0.1, -0.05) is 12.2 Å². The van der Waals surface area contributed by atoms with E-state index >= 15 is 0 Å². The first-order valence-corrected chi connectivity index (χ1v) is 5.63. The van der Waals surface area contributed by atoms with Crippen molar-refractivity contribution in [2.75, 3.05) is 6.54 Å². The summed E-state index contributed by atoms with van der Waals surface area (Å²) in [7, 11) is 0. The highest BCUT2D eigenvalue weighted by molar-refractivity contribution is 5.78. The third kappa shape index (κ3) is 5.85. The Hall–Kier alpha value is -0.910. The Morgan fingerprint density at radius 3 is 2.38 bits per heavy atom. The molecule has 0 saturated heterocycles. The molecule has 0 radical (unpaired) electrons. The second-order valence-electron chi connectivity index (χ2n) is 4.08. The van der Waals surface area contributed by atoms with Crippen LogP contribution in [-0.2, 0) is 4.79 Å². The van der Waals surface area contributed by atoms with Gasteiger partial charge in [-0.2, -0.15) is 0 Å². The molecule has 5 nitrogen and oxygen atoms in total. The summed E-state index contributed by atoms with van der Waals surface area (Å²) < 4.78 is 0. The van der Waals surface area contributed by atoms with Crippen LogP contribution in [0, 0.1) is 0 Å². The zero-order valence-electron chi connectivity index (χ0n) is 9.91. The van der Waals surface area contributed by atoms with E-state index in [1.807, 2.05) is 0 Å². The maximum atomic E-state index is 10.9. The summed E-state index contributed by atoms with van der Waals surface area (Å²) in [6, 6.07) is 0. The minimum Gasteiger partial charge on any atom is -0.480 e. The van der Waals surface area contributed by atoms with E-state index in [0.29, 0.717) is 13.0 Å². The Morgan fingerprint density at radius 2 is 1.94 bits per heavy atom. The molecule has 0 amide bonds. The first-order chi connectivity index (χ1) is 7.56. The van der Waals surface area contributed by atoms with Crippen LogP contribution in [0.5, 0.6) is 0 Å². The van der Waals surface area contributed by atoms with Gasteiger partial charge in [-0.15, -0.1) is 0 Å². The van der Waals surface area contributed by atoms with Crippen molar-refractivity contribution in [3.05, 3.63) is 12.2 Å². The van der Waals surface area contributed by atoms with Crippen LogP contribution < -0.4 is 17.0 Å². The van der Waals surface area contributed by atoms with Crippen LogP contribution in [0.15, 0.2) is 12.2 Å². The second-order valence-corrected chi connectivity index (χ2v) is 4.08. The van der Waals surface area contributed by atoms with E-state index in [2.05, 4.69) is 17.6 Å². The first-order valence-electron chi connectivity index (χ1n) is 5.63. The SMILES string of the molecule is C[C@@](CCC/C=C\CCCN)(NN)C(=O)O. The van der Waals surface area contributed by atoms with Crippen molar-refractivity contribution < 1.29 is 9.90 Å². The van der Waals surface area contributed by atoms with Gasteiger partial charge < -0.3 is 10.8 Å². The monoisotopic (exact) mass is 229 g/mol. The minimum atomic E-state index is -1.02. The molecular weight excluding hydrogens is 206 g/mol. The number of nitrogens with one attached hydrogen (secondary N) is 1. The fraction of sp³-hybridized carbons (Fsp3) is 0.727. The van der Waals surface area contributed by atoms with Crippen molar-refractivity contribution in [1.29, 1.82) is 0 Å². The summed E-state index contributed by atoms with van der Waals surface area (Å²) in [5, 5.41) is 8.93. The lowest BCUT2D eigenvalue weighted by Crippen LogP contribution is -2.52. The van der Waals surface area contributed by atoms with E-state index in [0.717, 1.165) is 25.7 Å². The average Bonchev–Trinajstić information content (AvgIpc) is 2.27. The van der Waals surface area contributed by atoms with Gasteiger partial charge in [-0.05, 0) is 45.6 Å². The summed E-state index contributed by atoms with van der Waals surface area (Å²) >= 11 is 0. The first kappa shape index (κ1) is 15.1. The Morgan fingerprint density at radius 1 is 1.38 bits per heavy atom. The molecule has 0 aromatic heterocycles. The Labute approximate surface area is 96.9 Å². The largest absolute Gasteiger partial charge is 0.480 e. The van der Waals surface area contributed by atoms with Gasteiger partial charge in [0.05, 0.1) is 0 Å². The molecule has 0 unspecified atom stereocenters. The van der Waals surface area contributed by atoms with Gasteiger partial charge in [-0.25, -0.2) is 5.43 Å². The zero-order valence-corrected chi connectivity index (χ0v) is 9.91. The van der Waals surface area contributed by atoms with Gasteiger partial charge in [0.2, 0.25) is 0 Å². The third-order valence-corrected chi connectivity index (χ3v) is 2.58. The maximum absolute atomic E-state index is 10.9. The van der Waals surface area contributed by atoms with Gasteiger partial charge in [0.1, 0.15) is 5.54 Å². The van der Waals surface area contributed by atoms with Crippen LogP contribution in [0.4, 0.5) is 0 Å². The number of hydrogen-bond acceptors (Lipinski definition) is 4. The molecule has 0 aliphatic carbocycles. The molecule has 0 spiro atoms. The Balaban J connectivity index is 3.72. The number of hydrogen-bond donors (Lipinski definition) is 4. The number of allylic oxidation sites excluding steroid dienone is 2. The smallest absolute Gasteiger partial charge is 0.324 e. The minimum absolute atomic E-state index is 0.514. The van der Waals surface area contributed by atoms with Crippen LogP contribution >= 0.6 is 0 Å². The molecule has 0 heterocycles. The van der Waals surface area contributed by atoms with E-state index in [9.17, 15) is 4.79 Å². The average molecular weight is 229 g/mol. The third-order valence-electron chi connectivity index (χ3n) is 2.58. The lowest BCUT2D eigenvalue weighted by Gasteiger charge is -2.23. The standard InChI is InChI=1S/C11H23N3O2/c1-11(14-13,10(15)16)8-6-4-2-3-5-7-9-12/h2-3,14H,4-9,12-13H2,1H3,(H,15,16)/b3-2-/t11-/m0/s1. The van der Waals surface area contributed by atoms with Crippen LogP contribution in [-0.4, -0.2) is 23.2 Å². The molecule has 0 bridgehead atoms. The molecule has 0 aromatic carbocycles. The van der Waals surface area contributed by atoms with Gasteiger partial charge in [0.15, 0.2) is 0 Å². The van der Waals surface area contributed by atoms with Crippen LogP contribution in [0.3, 0.4) is 0 Å². The van der Waals surface area contributed by atoms with E-state index in [1.165, 1.54) is 0 Å². The van der Waals surface area contributed by atoms with E-state index in [4.69, 9.17) is 16.7 Å². The fourth-order valence-electron chi connectivity index (χ4n) is 1.29. The predicted octanol–water partition coefficient (Wildman–Crippen LogP) is 0.758. The van der Waals surface area contributed by atoms with Crippen molar-refractivity contribution in [1.82, 2.24) is 5.43 Å². The van der Waals surface area contributed by atoms with Crippen molar-refractivity contribution in [2.24, 2.45) is 11.6 Å². The highest BCUT2D eigenvalue weighted by atomic mass is 16.4. The summed E-state index contributed by atoms with van der Waals surface area (Å²) in [4.78, 5) is 10.9. The number of carboxylic acids is 1. The van der Waals surface area contributed by atoms with E-state index in [1.54, 1.807) is 6.92 Å². The number of unbranched alkanes of at least 4 members (excludes halogenated alkanes) is 2. The lowest BCUT2D eigenvalue weighted by molar-refractivity contribution is -0.144. The molecule has 6 N–H and O–H groups in total. The molecule has 0 aliphatic rings. The van der Waals surface area contributed by atoms with Crippen LogP contribution in [0.1, 0.15) is 39.0 Å². The number of rotatable bonds is 9. The summed E-state index contributed by atoms with van der Waals surface area (Å²) in [5.41, 5.74) is 6.68. The Kier molecular flexibility index (Phi) is 7.80. The summed E-state index contributed by atoms with van der Waals surface area (Å²) in [6.45, 7) is 2.30. The summed E-state index contributed by atoms with van der Waals surface area (Å²) in [6.07, 6.45) is 8.31. The molecule has 0 aliphatic heterocycles. The molecule has 0 fully saturated rings. The number of hydrazine groups is 1. The van der Waals surface area contributed by atoms with Gasteiger partial charge >= 0.3 is 5.97 Å². The Bertz CT molecular complexity index is 231. The second kappa shape index (κ2) is 8.27. The summed E-state index contributed by atoms with van der Waals surface area (Å²) in [5.74, 6) is 4.31. The normalized spacial score (nSPS) is 15.2. The van der Waals surface area contributed by atoms with E-state index < -0.39 is 11.5 Å². The number of carboxylic acid groups (broad SMARTS) is 1. The zero-order chi connectivity index (χ0) is 12.4. The number of aliphatic carboxylic acids is 1. The molecule has 0 rings (SSSR count). The number of carbonyl (C=O) groups is 1. The molecule has 94 valence electrons. The van der Waals surface area contributed by atoms with Crippen LogP contribution in [0.25, 0.3) is 0 Å². The predicted molar refractivity (Wildman–Crippen MR) is 64.6 cm³/mol. The van der Waals surface area contributed by atoms with Gasteiger partial charge in [0.25, 0.3) is 0 Å². The van der Waals surface area contributed by atoms with Crippen LogP contribution in [0.2, 0.25) is 0 Å². The molecule has 5 heteroatoms. The van der Waals surface area contributed by atoms with Crippen molar-refractivity contribution in [3.8, 4) is 0 Å². The van der Waals surface area contributed by atoms with Crippen molar-refractivity contribution >= 4 is 5.97 Å². The molecule has 0 aromatic rings. The quantitative estimate of drug-likeness (QED) is 0.202. The van der Waals surface area contributed by atoms with Crippen molar-refractivity contribution in [2.45, 2.75) is 44.6 Å². The van der Waals surface area contributed by atoms with Gasteiger partial charge in [0, 0.05) is 0 Å². The molecule has 0 saturated carbocycles. The highest BCUT2D eigenvalue weighted by Crippen LogP contribution is 2.13. The number of nitrogens with two attached hydrogens (primary N) is 2. The van der Waals surface area contributed by atoms with Crippen molar-refractivity contribution in [3.63, 3.8) is 0 Å².